The fourth-order valence-corrected chi connectivity index (χ4v) is 3.19. The molecule has 0 radical (unpaired) electrons. The standard InChI is InChI=1S/C22H25ClN2O2/c23-21-8-4-2-6-18(21)16-27-22-10-9-17-5-1-3-7-19(17)20(22)15-25-12-11-24-13-14-26/h1-10,24-26H,11-16H2. The molecule has 0 fully saturated rings. The second kappa shape index (κ2) is 10.3. The predicted octanol–water partition coefficient (Wildman–Crippen LogP) is 3.74. The molecule has 0 amide bonds. The van der Waals surface area contributed by atoms with Gasteiger partial charge in [0.2, 0.25) is 0 Å². The van der Waals surface area contributed by atoms with Crippen molar-refractivity contribution in [3.05, 3.63) is 76.8 Å². The van der Waals surface area contributed by atoms with E-state index in [0.29, 0.717) is 24.7 Å². The van der Waals surface area contributed by atoms with Crippen LogP contribution in [0, 0.1) is 0 Å². The van der Waals surface area contributed by atoms with E-state index in [0.717, 1.165) is 30.0 Å². The maximum Gasteiger partial charge on any atom is 0.124 e. The second-order valence-electron chi connectivity index (χ2n) is 6.29. The minimum atomic E-state index is 0.156. The molecule has 3 rings (SSSR count). The molecule has 0 bridgehead atoms. The zero-order chi connectivity index (χ0) is 18.9. The zero-order valence-corrected chi connectivity index (χ0v) is 16.0. The quantitative estimate of drug-likeness (QED) is 0.466. The second-order valence-corrected chi connectivity index (χ2v) is 6.70. The monoisotopic (exact) mass is 384 g/mol. The molecule has 0 unspecified atom stereocenters. The Labute approximate surface area is 165 Å². The van der Waals surface area contributed by atoms with Gasteiger partial charge in [-0.2, -0.15) is 0 Å². The number of ether oxygens (including phenoxy) is 1. The van der Waals surface area contributed by atoms with Crippen molar-refractivity contribution in [2.75, 3.05) is 26.2 Å². The summed E-state index contributed by atoms with van der Waals surface area (Å²) in [5.74, 6) is 0.865. The third-order valence-corrected chi connectivity index (χ3v) is 4.78. The molecule has 0 aliphatic heterocycles. The largest absolute Gasteiger partial charge is 0.488 e. The Hall–Kier alpha value is -2.11. The number of nitrogens with one attached hydrogen (secondary N) is 2. The number of aliphatic hydroxyl groups is 1. The van der Waals surface area contributed by atoms with Crippen LogP contribution < -0.4 is 15.4 Å². The molecule has 0 spiro atoms. The van der Waals surface area contributed by atoms with E-state index in [-0.39, 0.29) is 6.61 Å². The van der Waals surface area contributed by atoms with Crippen LogP contribution in [0.1, 0.15) is 11.1 Å². The number of fused-ring (bicyclic) bond motifs is 1. The number of rotatable bonds is 10. The van der Waals surface area contributed by atoms with E-state index in [1.54, 1.807) is 0 Å². The summed E-state index contributed by atoms with van der Waals surface area (Å²) in [5, 5.41) is 18.5. The Morgan fingerprint density at radius 1 is 0.852 bits per heavy atom. The van der Waals surface area contributed by atoms with E-state index in [1.165, 1.54) is 10.8 Å². The van der Waals surface area contributed by atoms with Gasteiger partial charge in [-0.15, -0.1) is 0 Å². The van der Waals surface area contributed by atoms with Crippen LogP contribution >= 0.6 is 11.6 Å². The van der Waals surface area contributed by atoms with Crippen LogP contribution in [0.5, 0.6) is 5.75 Å². The van der Waals surface area contributed by atoms with Gasteiger partial charge < -0.3 is 20.5 Å². The molecule has 0 aliphatic carbocycles. The fraction of sp³-hybridized carbons (Fsp3) is 0.273. The molecular weight excluding hydrogens is 360 g/mol. The number of aliphatic hydroxyl groups excluding tert-OH is 1. The average Bonchev–Trinajstić information content (AvgIpc) is 2.70. The number of hydrogen-bond donors (Lipinski definition) is 3. The van der Waals surface area contributed by atoms with Crippen molar-refractivity contribution < 1.29 is 9.84 Å². The molecule has 5 heteroatoms. The van der Waals surface area contributed by atoms with Gasteiger partial charge in [0, 0.05) is 42.3 Å². The zero-order valence-electron chi connectivity index (χ0n) is 15.2. The van der Waals surface area contributed by atoms with E-state index in [4.69, 9.17) is 21.4 Å². The van der Waals surface area contributed by atoms with Gasteiger partial charge in [-0.1, -0.05) is 60.1 Å². The van der Waals surface area contributed by atoms with Gasteiger partial charge >= 0.3 is 0 Å². The van der Waals surface area contributed by atoms with Gasteiger partial charge in [0.15, 0.2) is 0 Å². The number of halogens is 1. The van der Waals surface area contributed by atoms with Gasteiger partial charge in [0.05, 0.1) is 6.61 Å². The third kappa shape index (κ3) is 5.44. The summed E-state index contributed by atoms with van der Waals surface area (Å²) in [4.78, 5) is 0. The first kappa shape index (κ1) is 19.6. The summed E-state index contributed by atoms with van der Waals surface area (Å²) in [5.41, 5.74) is 2.11. The normalized spacial score (nSPS) is 11.0. The van der Waals surface area contributed by atoms with Crippen molar-refractivity contribution >= 4 is 22.4 Å². The van der Waals surface area contributed by atoms with Crippen LogP contribution in [0.3, 0.4) is 0 Å². The lowest BCUT2D eigenvalue weighted by atomic mass is 10.0. The molecule has 27 heavy (non-hydrogen) atoms. The van der Waals surface area contributed by atoms with Crippen LogP contribution in [0.2, 0.25) is 5.02 Å². The molecule has 3 N–H and O–H groups in total. The lowest BCUT2D eigenvalue weighted by Crippen LogP contribution is -2.29. The molecule has 4 nitrogen and oxygen atoms in total. The minimum absolute atomic E-state index is 0.156. The molecule has 0 aromatic heterocycles. The molecule has 3 aromatic carbocycles. The smallest absolute Gasteiger partial charge is 0.124 e. The number of hydrogen-bond acceptors (Lipinski definition) is 4. The highest BCUT2D eigenvalue weighted by Gasteiger charge is 2.10. The van der Waals surface area contributed by atoms with E-state index in [9.17, 15) is 0 Å². The molecular formula is C22H25ClN2O2. The van der Waals surface area contributed by atoms with Gasteiger partial charge in [0.1, 0.15) is 12.4 Å². The van der Waals surface area contributed by atoms with Crippen LogP contribution in [0.25, 0.3) is 10.8 Å². The molecule has 0 atom stereocenters. The van der Waals surface area contributed by atoms with Crippen molar-refractivity contribution in [1.29, 1.82) is 0 Å². The first-order valence-electron chi connectivity index (χ1n) is 9.18. The summed E-state index contributed by atoms with van der Waals surface area (Å²) in [6.07, 6.45) is 0. The van der Waals surface area contributed by atoms with Gasteiger partial charge in [-0.3, -0.25) is 0 Å². The molecule has 142 valence electrons. The van der Waals surface area contributed by atoms with Gasteiger partial charge in [-0.05, 0) is 22.9 Å². The highest BCUT2D eigenvalue weighted by atomic mass is 35.5. The maximum atomic E-state index is 8.82. The van der Waals surface area contributed by atoms with Crippen LogP contribution in [-0.4, -0.2) is 31.3 Å². The Kier molecular flexibility index (Phi) is 7.48. The minimum Gasteiger partial charge on any atom is -0.488 e. The molecule has 0 saturated heterocycles. The van der Waals surface area contributed by atoms with Crippen molar-refractivity contribution in [2.24, 2.45) is 0 Å². The SMILES string of the molecule is OCCNCCNCc1c(OCc2ccccc2Cl)ccc2ccccc12. The average molecular weight is 385 g/mol. The van der Waals surface area contributed by atoms with E-state index in [1.807, 2.05) is 42.5 Å². The van der Waals surface area contributed by atoms with Crippen molar-refractivity contribution in [3.8, 4) is 5.75 Å². The fourth-order valence-electron chi connectivity index (χ4n) is 3.00. The van der Waals surface area contributed by atoms with Crippen LogP contribution in [-0.2, 0) is 13.2 Å². The maximum absolute atomic E-state index is 8.82. The van der Waals surface area contributed by atoms with E-state index >= 15 is 0 Å². The highest BCUT2D eigenvalue weighted by Crippen LogP contribution is 2.29. The Balaban J connectivity index is 1.74. The summed E-state index contributed by atoms with van der Waals surface area (Å²) in [7, 11) is 0. The summed E-state index contributed by atoms with van der Waals surface area (Å²) >= 11 is 6.25. The van der Waals surface area contributed by atoms with Gasteiger partial charge in [0.25, 0.3) is 0 Å². The van der Waals surface area contributed by atoms with Crippen molar-refractivity contribution in [3.63, 3.8) is 0 Å². The van der Waals surface area contributed by atoms with E-state index in [2.05, 4.69) is 28.8 Å². The molecule has 0 saturated carbocycles. The first-order valence-corrected chi connectivity index (χ1v) is 9.56. The summed E-state index contributed by atoms with van der Waals surface area (Å²) in [6.45, 7) is 3.53. The molecule has 0 aliphatic rings. The van der Waals surface area contributed by atoms with Crippen molar-refractivity contribution in [1.82, 2.24) is 10.6 Å². The third-order valence-electron chi connectivity index (χ3n) is 4.41. The Morgan fingerprint density at radius 3 is 2.48 bits per heavy atom. The van der Waals surface area contributed by atoms with Crippen LogP contribution in [0.15, 0.2) is 60.7 Å². The molecule has 0 heterocycles. The van der Waals surface area contributed by atoms with Gasteiger partial charge in [-0.25, -0.2) is 0 Å². The Bertz CT molecular complexity index is 870. The van der Waals surface area contributed by atoms with Crippen molar-refractivity contribution in [2.45, 2.75) is 13.2 Å². The molecule has 3 aromatic rings. The van der Waals surface area contributed by atoms with E-state index < -0.39 is 0 Å². The predicted molar refractivity (Wildman–Crippen MR) is 111 cm³/mol. The Morgan fingerprint density at radius 2 is 1.63 bits per heavy atom. The van der Waals surface area contributed by atoms with Crippen LogP contribution in [0.4, 0.5) is 0 Å². The number of benzene rings is 3. The lowest BCUT2D eigenvalue weighted by Gasteiger charge is -2.16. The summed E-state index contributed by atoms with van der Waals surface area (Å²) < 4.78 is 6.13. The summed E-state index contributed by atoms with van der Waals surface area (Å²) in [6, 6.07) is 20.2. The first-order chi connectivity index (χ1) is 13.3. The highest BCUT2D eigenvalue weighted by molar-refractivity contribution is 6.31. The topological polar surface area (TPSA) is 53.5 Å². The lowest BCUT2D eigenvalue weighted by molar-refractivity contribution is 0.292.